The summed E-state index contributed by atoms with van der Waals surface area (Å²) >= 11 is 10.1. The Labute approximate surface area is 116 Å². The average molecular weight is 279 g/mol. The largest absolute Gasteiger partial charge is 0.336 e. The first-order chi connectivity index (χ1) is 8.68. The van der Waals surface area contributed by atoms with Crippen LogP contribution in [0.25, 0.3) is 0 Å². The first-order valence-corrected chi connectivity index (χ1v) is 6.06. The van der Waals surface area contributed by atoms with Crippen LogP contribution in [0.3, 0.4) is 0 Å². The lowest BCUT2D eigenvalue weighted by atomic mass is 10.3. The quantitative estimate of drug-likeness (QED) is 0.792. The Morgan fingerprint density at radius 2 is 1.67 bits per heavy atom. The van der Waals surface area contributed by atoms with Gasteiger partial charge in [-0.1, -0.05) is 54.7 Å². The van der Waals surface area contributed by atoms with Crippen LogP contribution in [0, 0.1) is 0 Å². The smallest absolute Gasteiger partial charge is 0.305 e. The van der Waals surface area contributed by atoms with Crippen molar-refractivity contribution in [2.75, 3.05) is 9.62 Å². The molecule has 0 atom stereocenters. The lowest BCUT2D eigenvalue weighted by molar-refractivity contribution is 0.260. The van der Waals surface area contributed by atoms with E-state index in [0.29, 0.717) is 16.4 Å². The maximum absolute atomic E-state index is 11.9. The van der Waals surface area contributed by atoms with Crippen LogP contribution < -0.4 is 9.62 Å². The van der Waals surface area contributed by atoms with Gasteiger partial charge in [0, 0.05) is 0 Å². The van der Waals surface area contributed by atoms with Gasteiger partial charge in [0.15, 0.2) is 0 Å². The van der Waals surface area contributed by atoms with Crippen molar-refractivity contribution in [2.45, 2.75) is 0 Å². The number of carbonyl (C=O) groups is 1. The van der Waals surface area contributed by atoms with E-state index in [9.17, 15) is 4.79 Å². The predicted molar refractivity (Wildman–Crippen MR) is 78.4 cm³/mol. The third kappa shape index (κ3) is 2.97. The molecule has 2 amide bonds. The molecular formula is C13H11ClN2OS. The molecule has 0 radical (unpaired) electrons. The van der Waals surface area contributed by atoms with E-state index in [2.05, 4.69) is 18.1 Å². The molecule has 5 heteroatoms. The summed E-state index contributed by atoms with van der Waals surface area (Å²) in [6, 6.07) is 15.8. The Balaban J connectivity index is 2.12. The van der Waals surface area contributed by atoms with Crippen LogP contribution >= 0.6 is 24.4 Å². The molecule has 0 unspecified atom stereocenters. The SMILES string of the molecule is O=C(Nc1ccccc1Cl)N(S)c1ccccc1. The van der Waals surface area contributed by atoms with Gasteiger partial charge in [-0.25, -0.2) is 9.10 Å². The number of carbonyl (C=O) groups excluding carboxylic acids is 1. The van der Waals surface area contributed by atoms with Crippen molar-refractivity contribution in [2.24, 2.45) is 0 Å². The molecule has 0 saturated heterocycles. The third-order valence-electron chi connectivity index (χ3n) is 2.31. The van der Waals surface area contributed by atoms with Crippen LogP contribution in [0.1, 0.15) is 0 Å². The number of para-hydroxylation sites is 2. The van der Waals surface area contributed by atoms with Gasteiger partial charge in [0.05, 0.1) is 16.4 Å². The van der Waals surface area contributed by atoms with Crippen molar-refractivity contribution in [1.29, 1.82) is 0 Å². The highest BCUT2D eigenvalue weighted by atomic mass is 35.5. The molecule has 1 N–H and O–H groups in total. The normalized spacial score (nSPS) is 9.89. The number of urea groups is 1. The molecule has 2 rings (SSSR count). The number of thiol groups is 1. The Bertz CT molecular complexity index is 548. The lowest BCUT2D eigenvalue weighted by Gasteiger charge is -2.16. The molecule has 0 heterocycles. The maximum Gasteiger partial charge on any atom is 0.336 e. The molecule has 0 bridgehead atoms. The summed E-state index contributed by atoms with van der Waals surface area (Å²) in [4.78, 5) is 11.9. The van der Waals surface area contributed by atoms with E-state index < -0.39 is 0 Å². The van der Waals surface area contributed by atoms with Crippen molar-refractivity contribution >= 4 is 41.8 Å². The molecular weight excluding hydrogens is 268 g/mol. The summed E-state index contributed by atoms with van der Waals surface area (Å²) in [7, 11) is 0. The van der Waals surface area contributed by atoms with Gasteiger partial charge >= 0.3 is 6.03 Å². The van der Waals surface area contributed by atoms with Gasteiger partial charge in [-0.3, -0.25) is 0 Å². The third-order valence-corrected chi connectivity index (χ3v) is 3.05. The Morgan fingerprint density at radius 3 is 2.33 bits per heavy atom. The molecule has 0 saturated carbocycles. The molecule has 0 fully saturated rings. The van der Waals surface area contributed by atoms with Crippen LogP contribution in [0.4, 0.5) is 16.2 Å². The second-order valence-corrected chi connectivity index (χ2v) is 4.36. The van der Waals surface area contributed by atoms with Gasteiger partial charge in [-0.05, 0) is 24.3 Å². The number of rotatable bonds is 2. The molecule has 0 aliphatic heterocycles. The molecule has 0 aromatic heterocycles. The van der Waals surface area contributed by atoms with E-state index >= 15 is 0 Å². The maximum atomic E-state index is 11.9. The molecule has 3 nitrogen and oxygen atoms in total. The fraction of sp³-hybridized carbons (Fsp3) is 0. The van der Waals surface area contributed by atoms with Gasteiger partial charge < -0.3 is 5.32 Å². The van der Waals surface area contributed by atoms with Crippen molar-refractivity contribution < 1.29 is 4.79 Å². The summed E-state index contributed by atoms with van der Waals surface area (Å²) in [5, 5.41) is 3.17. The van der Waals surface area contributed by atoms with E-state index in [4.69, 9.17) is 11.6 Å². The highest BCUT2D eigenvalue weighted by Gasteiger charge is 2.12. The zero-order chi connectivity index (χ0) is 13.0. The Kier molecular flexibility index (Phi) is 4.12. The van der Waals surface area contributed by atoms with E-state index in [1.807, 2.05) is 18.2 Å². The first-order valence-electron chi connectivity index (χ1n) is 5.28. The van der Waals surface area contributed by atoms with Crippen LogP contribution in [-0.2, 0) is 0 Å². The zero-order valence-electron chi connectivity index (χ0n) is 9.38. The summed E-state index contributed by atoms with van der Waals surface area (Å²) in [5.41, 5.74) is 1.24. The minimum absolute atomic E-state index is 0.363. The fourth-order valence-electron chi connectivity index (χ4n) is 1.42. The number of hydrogen-bond donors (Lipinski definition) is 2. The van der Waals surface area contributed by atoms with Crippen LogP contribution in [0.5, 0.6) is 0 Å². The number of nitrogens with zero attached hydrogens (tertiary/aromatic N) is 1. The summed E-state index contributed by atoms with van der Waals surface area (Å²) in [6.45, 7) is 0. The molecule has 2 aromatic carbocycles. The fourth-order valence-corrected chi connectivity index (χ4v) is 1.78. The summed E-state index contributed by atoms with van der Waals surface area (Å²) in [6.07, 6.45) is 0. The van der Waals surface area contributed by atoms with E-state index in [1.54, 1.807) is 36.4 Å². The zero-order valence-corrected chi connectivity index (χ0v) is 11.0. The average Bonchev–Trinajstić information content (AvgIpc) is 2.41. The van der Waals surface area contributed by atoms with Gasteiger partial charge in [-0.15, -0.1) is 0 Å². The number of anilines is 2. The highest BCUT2D eigenvalue weighted by molar-refractivity contribution is 7.82. The van der Waals surface area contributed by atoms with E-state index in [-0.39, 0.29) is 6.03 Å². The predicted octanol–water partition coefficient (Wildman–Crippen LogP) is 4.22. The van der Waals surface area contributed by atoms with Crippen LogP contribution in [-0.4, -0.2) is 6.03 Å². The van der Waals surface area contributed by atoms with Crippen molar-refractivity contribution in [3.63, 3.8) is 0 Å². The Morgan fingerprint density at radius 1 is 1.06 bits per heavy atom. The number of benzene rings is 2. The lowest BCUT2D eigenvalue weighted by Crippen LogP contribution is -2.26. The van der Waals surface area contributed by atoms with Crippen molar-refractivity contribution in [3.05, 3.63) is 59.6 Å². The van der Waals surface area contributed by atoms with Crippen LogP contribution in [0.15, 0.2) is 54.6 Å². The van der Waals surface area contributed by atoms with E-state index in [1.165, 1.54) is 4.31 Å². The molecule has 92 valence electrons. The van der Waals surface area contributed by atoms with Gasteiger partial charge in [0.2, 0.25) is 0 Å². The summed E-state index contributed by atoms with van der Waals surface area (Å²) < 4.78 is 1.23. The molecule has 0 aliphatic carbocycles. The molecule has 2 aromatic rings. The molecule has 0 spiro atoms. The number of nitrogens with one attached hydrogen (secondary N) is 1. The minimum atomic E-state index is -0.363. The van der Waals surface area contributed by atoms with Crippen LogP contribution in [0.2, 0.25) is 5.02 Å². The first kappa shape index (κ1) is 12.8. The van der Waals surface area contributed by atoms with Gasteiger partial charge in [0.25, 0.3) is 0 Å². The minimum Gasteiger partial charge on any atom is -0.305 e. The highest BCUT2D eigenvalue weighted by Crippen LogP contribution is 2.22. The number of halogens is 1. The second kappa shape index (κ2) is 5.80. The van der Waals surface area contributed by atoms with E-state index in [0.717, 1.165) is 0 Å². The molecule has 0 aliphatic rings. The summed E-state index contributed by atoms with van der Waals surface area (Å²) in [5.74, 6) is 0. The standard InChI is InChI=1S/C13H11ClN2OS/c14-11-8-4-5-9-12(11)15-13(17)16(18)10-6-2-1-3-7-10/h1-9,18H,(H,15,17). The number of amides is 2. The molecule has 18 heavy (non-hydrogen) atoms. The monoisotopic (exact) mass is 278 g/mol. The van der Waals surface area contributed by atoms with Crippen molar-refractivity contribution in [1.82, 2.24) is 0 Å². The van der Waals surface area contributed by atoms with Gasteiger partial charge in [-0.2, -0.15) is 0 Å². The topological polar surface area (TPSA) is 32.3 Å². The second-order valence-electron chi connectivity index (χ2n) is 3.56. The van der Waals surface area contributed by atoms with Gasteiger partial charge in [0.1, 0.15) is 0 Å². The Hall–Kier alpha value is -1.65. The number of hydrogen-bond acceptors (Lipinski definition) is 2. The van der Waals surface area contributed by atoms with Crippen molar-refractivity contribution in [3.8, 4) is 0 Å².